The Morgan fingerprint density at radius 2 is 1.67 bits per heavy atom. The molecule has 1 amide bonds. The minimum atomic E-state index is -0.358. The summed E-state index contributed by atoms with van der Waals surface area (Å²) in [5.74, 6) is 1.20. The van der Waals surface area contributed by atoms with Gasteiger partial charge in [0.05, 0.1) is 0 Å². The van der Waals surface area contributed by atoms with E-state index in [1.54, 1.807) is 7.05 Å². The van der Waals surface area contributed by atoms with Crippen molar-refractivity contribution in [1.29, 1.82) is 0 Å². The first-order valence-corrected chi connectivity index (χ1v) is 8.53. The maximum absolute atomic E-state index is 11.8. The summed E-state index contributed by atoms with van der Waals surface area (Å²) in [5.41, 5.74) is 2.22. The van der Waals surface area contributed by atoms with Crippen molar-refractivity contribution >= 4 is 11.9 Å². The molecule has 5 heteroatoms. The summed E-state index contributed by atoms with van der Waals surface area (Å²) in [4.78, 5) is 16.0. The Morgan fingerprint density at radius 3 is 2.21 bits per heavy atom. The van der Waals surface area contributed by atoms with Crippen LogP contribution in [0.1, 0.15) is 44.7 Å². The lowest BCUT2D eigenvalue weighted by Crippen LogP contribution is -2.44. The Morgan fingerprint density at radius 1 is 1.08 bits per heavy atom. The standard InChI is InChI=1S/C19H32N4O/c1-14-7-9-16(10-8-14)15(2)13-23-18(20-6)22-12-11-21-17(24)19(3,4)5/h7-10,15H,11-13H2,1-6H3,(H,21,24)(H2,20,22,23). The van der Waals surface area contributed by atoms with Gasteiger partial charge in [-0.1, -0.05) is 57.5 Å². The summed E-state index contributed by atoms with van der Waals surface area (Å²) in [6.07, 6.45) is 0. The van der Waals surface area contributed by atoms with Gasteiger partial charge in [-0.05, 0) is 18.4 Å². The number of carbonyl (C=O) groups is 1. The molecule has 3 N–H and O–H groups in total. The molecule has 0 saturated carbocycles. The number of guanidine groups is 1. The average molecular weight is 332 g/mol. The highest BCUT2D eigenvalue weighted by molar-refractivity contribution is 5.81. The lowest BCUT2D eigenvalue weighted by molar-refractivity contribution is -0.128. The topological polar surface area (TPSA) is 65.5 Å². The Hall–Kier alpha value is -2.04. The summed E-state index contributed by atoms with van der Waals surface area (Å²) in [7, 11) is 1.75. The summed E-state index contributed by atoms with van der Waals surface area (Å²) in [6, 6.07) is 8.60. The van der Waals surface area contributed by atoms with Gasteiger partial charge < -0.3 is 16.0 Å². The van der Waals surface area contributed by atoms with Crippen LogP contribution in [-0.4, -0.2) is 38.5 Å². The van der Waals surface area contributed by atoms with E-state index in [0.29, 0.717) is 19.0 Å². The third-order valence-electron chi connectivity index (χ3n) is 3.83. The Balaban J connectivity index is 2.32. The summed E-state index contributed by atoms with van der Waals surface area (Å²) < 4.78 is 0. The number of carbonyl (C=O) groups excluding carboxylic acids is 1. The molecular weight excluding hydrogens is 300 g/mol. The van der Waals surface area contributed by atoms with Gasteiger partial charge in [-0.25, -0.2) is 0 Å². The van der Waals surface area contributed by atoms with Crippen LogP contribution in [0.25, 0.3) is 0 Å². The van der Waals surface area contributed by atoms with Crippen LogP contribution in [0, 0.1) is 12.3 Å². The van der Waals surface area contributed by atoms with Gasteiger partial charge in [-0.15, -0.1) is 0 Å². The third kappa shape index (κ3) is 7.02. The number of nitrogens with one attached hydrogen (secondary N) is 3. The molecule has 0 aliphatic heterocycles. The van der Waals surface area contributed by atoms with Crippen LogP contribution in [-0.2, 0) is 4.79 Å². The normalized spacial score (nSPS) is 13.3. The van der Waals surface area contributed by atoms with Gasteiger partial charge in [0, 0.05) is 32.1 Å². The first-order chi connectivity index (χ1) is 11.2. The van der Waals surface area contributed by atoms with E-state index in [1.807, 2.05) is 20.8 Å². The van der Waals surface area contributed by atoms with E-state index in [2.05, 4.69) is 59.1 Å². The van der Waals surface area contributed by atoms with E-state index < -0.39 is 0 Å². The quantitative estimate of drug-likeness (QED) is 0.426. The molecule has 1 rings (SSSR count). The second kappa shape index (κ2) is 9.30. The molecular formula is C19H32N4O. The molecule has 0 aliphatic carbocycles. The van der Waals surface area contributed by atoms with Crippen molar-refractivity contribution in [3.8, 4) is 0 Å². The SMILES string of the molecule is CN=C(NCCNC(=O)C(C)(C)C)NCC(C)c1ccc(C)cc1. The van der Waals surface area contributed by atoms with Gasteiger partial charge in [0.2, 0.25) is 5.91 Å². The molecule has 0 radical (unpaired) electrons. The van der Waals surface area contributed by atoms with E-state index in [1.165, 1.54) is 11.1 Å². The molecule has 0 spiro atoms. The average Bonchev–Trinajstić information content (AvgIpc) is 2.53. The molecule has 1 aromatic carbocycles. The van der Waals surface area contributed by atoms with Gasteiger partial charge in [-0.3, -0.25) is 9.79 Å². The zero-order valence-electron chi connectivity index (χ0n) is 15.9. The molecule has 0 fully saturated rings. The minimum Gasteiger partial charge on any atom is -0.356 e. The number of rotatable bonds is 6. The molecule has 24 heavy (non-hydrogen) atoms. The van der Waals surface area contributed by atoms with Gasteiger partial charge >= 0.3 is 0 Å². The van der Waals surface area contributed by atoms with Crippen molar-refractivity contribution in [1.82, 2.24) is 16.0 Å². The van der Waals surface area contributed by atoms with E-state index in [9.17, 15) is 4.79 Å². The monoisotopic (exact) mass is 332 g/mol. The Labute approximate surface area is 146 Å². The van der Waals surface area contributed by atoms with Crippen LogP contribution < -0.4 is 16.0 Å². The number of hydrogen-bond donors (Lipinski definition) is 3. The minimum absolute atomic E-state index is 0.0558. The smallest absolute Gasteiger partial charge is 0.225 e. The van der Waals surface area contributed by atoms with Crippen LogP contribution in [0.15, 0.2) is 29.3 Å². The highest BCUT2D eigenvalue weighted by Crippen LogP contribution is 2.14. The summed E-state index contributed by atoms with van der Waals surface area (Å²) in [6.45, 7) is 12.0. The van der Waals surface area contributed by atoms with Crippen LogP contribution in [0.4, 0.5) is 0 Å². The van der Waals surface area contributed by atoms with E-state index in [4.69, 9.17) is 0 Å². The first kappa shape index (κ1) is 20.0. The first-order valence-electron chi connectivity index (χ1n) is 8.53. The maximum atomic E-state index is 11.8. The number of hydrogen-bond acceptors (Lipinski definition) is 2. The third-order valence-corrected chi connectivity index (χ3v) is 3.83. The molecule has 0 aromatic heterocycles. The number of nitrogens with zero attached hydrogens (tertiary/aromatic N) is 1. The van der Waals surface area contributed by atoms with Crippen molar-refractivity contribution in [3.63, 3.8) is 0 Å². The van der Waals surface area contributed by atoms with Crippen LogP contribution in [0.3, 0.4) is 0 Å². The molecule has 1 atom stereocenters. The molecule has 1 aromatic rings. The second-order valence-electron chi connectivity index (χ2n) is 7.20. The Kier molecular flexibility index (Phi) is 7.75. The van der Waals surface area contributed by atoms with Crippen LogP contribution in [0.2, 0.25) is 0 Å². The van der Waals surface area contributed by atoms with Gasteiger partial charge in [-0.2, -0.15) is 0 Å². The predicted molar refractivity (Wildman–Crippen MR) is 101 cm³/mol. The van der Waals surface area contributed by atoms with E-state index in [0.717, 1.165) is 12.5 Å². The van der Waals surface area contributed by atoms with Crippen LogP contribution >= 0.6 is 0 Å². The number of aryl methyl sites for hydroxylation is 1. The zero-order chi connectivity index (χ0) is 18.2. The fourth-order valence-corrected chi connectivity index (χ4v) is 2.11. The molecule has 0 saturated heterocycles. The van der Waals surface area contributed by atoms with Gasteiger partial charge in [0.25, 0.3) is 0 Å². The lowest BCUT2D eigenvalue weighted by Gasteiger charge is -2.19. The fraction of sp³-hybridized carbons (Fsp3) is 0.579. The predicted octanol–water partition coefficient (Wildman–Crippen LogP) is 2.43. The zero-order valence-corrected chi connectivity index (χ0v) is 15.9. The number of aliphatic imine (C=N–C) groups is 1. The van der Waals surface area contributed by atoms with E-state index >= 15 is 0 Å². The highest BCUT2D eigenvalue weighted by Gasteiger charge is 2.20. The van der Waals surface area contributed by atoms with Crippen LogP contribution in [0.5, 0.6) is 0 Å². The lowest BCUT2D eigenvalue weighted by atomic mass is 9.96. The van der Waals surface area contributed by atoms with E-state index in [-0.39, 0.29) is 11.3 Å². The maximum Gasteiger partial charge on any atom is 0.225 e. The molecule has 0 bridgehead atoms. The van der Waals surface area contributed by atoms with Crippen molar-refractivity contribution in [2.45, 2.75) is 40.5 Å². The molecule has 0 aliphatic rings. The highest BCUT2D eigenvalue weighted by atomic mass is 16.2. The fourth-order valence-electron chi connectivity index (χ4n) is 2.11. The van der Waals surface area contributed by atoms with Gasteiger partial charge in [0.1, 0.15) is 0 Å². The molecule has 1 unspecified atom stereocenters. The molecule has 134 valence electrons. The summed E-state index contributed by atoms with van der Waals surface area (Å²) >= 11 is 0. The molecule has 5 nitrogen and oxygen atoms in total. The van der Waals surface area contributed by atoms with Crippen molar-refractivity contribution in [2.75, 3.05) is 26.7 Å². The molecule has 0 heterocycles. The second-order valence-corrected chi connectivity index (χ2v) is 7.20. The summed E-state index contributed by atoms with van der Waals surface area (Å²) in [5, 5.41) is 9.46. The Bertz CT molecular complexity index is 543. The largest absolute Gasteiger partial charge is 0.356 e. The van der Waals surface area contributed by atoms with Crippen molar-refractivity contribution < 1.29 is 4.79 Å². The number of benzene rings is 1. The van der Waals surface area contributed by atoms with Gasteiger partial charge in [0.15, 0.2) is 5.96 Å². The van der Waals surface area contributed by atoms with Crippen molar-refractivity contribution in [2.24, 2.45) is 10.4 Å². The number of amides is 1. The van der Waals surface area contributed by atoms with Crippen molar-refractivity contribution in [3.05, 3.63) is 35.4 Å².